The van der Waals surface area contributed by atoms with E-state index in [-0.39, 0.29) is 39.6 Å². The second kappa shape index (κ2) is 6.88. The van der Waals surface area contributed by atoms with Crippen LogP contribution in [0.5, 0.6) is 0 Å². The molecule has 1 aliphatic heterocycles. The van der Waals surface area contributed by atoms with Gasteiger partial charge in [-0.05, 0) is 45.4 Å². The third-order valence-corrected chi connectivity index (χ3v) is 4.46. The largest absolute Gasteiger partial charge is 0.443 e. The van der Waals surface area contributed by atoms with Crippen molar-refractivity contribution < 1.29 is 18.7 Å². The number of aromatic nitrogens is 1. The molecule has 0 fully saturated rings. The summed E-state index contributed by atoms with van der Waals surface area (Å²) >= 11 is 6.27. The molecule has 1 aliphatic rings. The highest BCUT2D eigenvalue weighted by atomic mass is 35.5. The van der Waals surface area contributed by atoms with Crippen molar-refractivity contribution in [3.8, 4) is 17.3 Å². The summed E-state index contributed by atoms with van der Waals surface area (Å²) < 4.78 is 19.7. The van der Waals surface area contributed by atoms with E-state index in [9.17, 15) is 19.2 Å². The number of rotatable bonds is 1. The summed E-state index contributed by atoms with van der Waals surface area (Å²) in [6.45, 7) is 6.60. The molecule has 2 heterocycles. The molecule has 0 N–H and O–H groups in total. The second-order valence-electron chi connectivity index (χ2n) is 7.41. The molecule has 0 atom stereocenters. The Labute approximate surface area is 166 Å². The molecule has 0 aliphatic carbocycles. The van der Waals surface area contributed by atoms with Crippen molar-refractivity contribution in [2.75, 3.05) is 0 Å². The van der Waals surface area contributed by atoms with Crippen LogP contribution in [-0.4, -0.2) is 27.5 Å². The fourth-order valence-corrected chi connectivity index (χ4v) is 3.22. The highest BCUT2D eigenvalue weighted by molar-refractivity contribution is 6.35. The van der Waals surface area contributed by atoms with E-state index in [1.165, 1.54) is 18.2 Å². The van der Waals surface area contributed by atoms with Gasteiger partial charge in [-0.1, -0.05) is 17.7 Å². The number of carbonyl (C=O) groups excluding carboxylic acids is 2. The summed E-state index contributed by atoms with van der Waals surface area (Å²) in [5.74, 6) is -1.25. The number of nitrogens with zero attached hydrogens (tertiary/aromatic N) is 3. The Balaban J connectivity index is 2.07. The maximum atomic E-state index is 14.5. The Morgan fingerprint density at radius 2 is 2.04 bits per heavy atom. The molecule has 0 bridgehead atoms. The lowest BCUT2D eigenvalue weighted by Crippen LogP contribution is -2.36. The molecule has 0 spiro atoms. The fourth-order valence-electron chi connectivity index (χ4n) is 2.93. The van der Waals surface area contributed by atoms with Gasteiger partial charge in [0.15, 0.2) is 0 Å². The van der Waals surface area contributed by atoms with Crippen molar-refractivity contribution in [2.45, 2.75) is 39.8 Å². The van der Waals surface area contributed by atoms with E-state index in [1.54, 1.807) is 27.7 Å². The molecule has 144 valence electrons. The first kappa shape index (κ1) is 19.8. The molecular weight excluding hydrogens is 385 g/mol. The number of ether oxygens (including phenoxy) is 1. The van der Waals surface area contributed by atoms with Crippen LogP contribution < -0.4 is 0 Å². The van der Waals surface area contributed by atoms with Crippen molar-refractivity contribution in [2.24, 2.45) is 0 Å². The van der Waals surface area contributed by atoms with Gasteiger partial charge in [-0.3, -0.25) is 4.79 Å². The van der Waals surface area contributed by atoms with Gasteiger partial charge in [0, 0.05) is 0 Å². The quantitative estimate of drug-likeness (QED) is 0.696. The standard InChI is InChI=1S/C20H17ClFN3O3/c1-10-5-6-13(22)16(11(10)8-23)14-7-12(21)17-15(24-14)9-25(18(17)26)19(27)28-20(2,3)4/h5-7H,9H2,1-4H3. The average Bonchev–Trinajstić information content (AvgIpc) is 2.92. The third kappa shape index (κ3) is 3.43. The van der Waals surface area contributed by atoms with Crippen LogP contribution in [-0.2, 0) is 11.3 Å². The highest BCUT2D eigenvalue weighted by Gasteiger charge is 2.38. The highest BCUT2D eigenvalue weighted by Crippen LogP contribution is 2.35. The lowest BCUT2D eigenvalue weighted by atomic mass is 9.98. The Kier molecular flexibility index (Phi) is 4.86. The van der Waals surface area contributed by atoms with E-state index in [4.69, 9.17) is 16.3 Å². The van der Waals surface area contributed by atoms with Crippen molar-refractivity contribution in [1.29, 1.82) is 5.26 Å². The number of fused-ring (bicyclic) bond motifs is 1. The molecule has 1 aromatic heterocycles. The summed E-state index contributed by atoms with van der Waals surface area (Å²) in [6, 6.07) is 6.05. The Bertz CT molecular complexity index is 1050. The number of halogens is 2. The molecule has 2 amide bonds. The number of pyridine rings is 1. The van der Waals surface area contributed by atoms with Gasteiger partial charge in [-0.15, -0.1) is 0 Å². The van der Waals surface area contributed by atoms with Crippen LogP contribution in [0.15, 0.2) is 18.2 Å². The Morgan fingerprint density at radius 3 is 2.64 bits per heavy atom. The Morgan fingerprint density at radius 1 is 1.36 bits per heavy atom. The second-order valence-corrected chi connectivity index (χ2v) is 7.82. The van der Waals surface area contributed by atoms with Gasteiger partial charge in [-0.25, -0.2) is 19.1 Å². The van der Waals surface area contributed by atoms with Gasteiger partial charge in [0.1, 0.15) is 17.5 Å². The number of benzene rings is 1. The zero-order chi connectivity index (χ0) is 20.8. The molecule has 3 rings (SSSR count). The molecule has 8 heteroatoms. The fraction of sp³-hybridized carbons (Fsp3) is 0.300. The van der Waals surface area contributed by atoms with Crippen LogP contribution in [0.1, 0.15) is 48.0 Å². The van der Waals surface area contributed by atoms with Crippen molar-refractivity contribution in [3.63, 3.8) is 0 Å². The number of carbonyl (C=O) groups is 2. The smallest absolute Gasteiger partial charge is 0.417 e. The van der Waals surface area contributed by atoms with Crippen molar-refractivity contribution >= 4 is 23.6 Å². The monoisotopic (exact) mass is 401 g/mol. The summed E-state index contributed by atoms with van der Waals surface area (Å²) in [7, 11) is 0. The van der Waals surface area contributed by atoms with Crippen molar-refractivity contribution in [3.05, 3.63) is 51.4 Å². The first-order chi connectivity index (χ1) is 13.0. The number of imide groups is 1. The summed E-state index contributed by atoms with van der Waals surface area (Å²) in [5, 5.41) is 9.44. The Hall–Kier alpha value is -2.98. The molecule has 6 nitrogen and oxygen atoms in total. The SMILES string of the molecule is Cc1ccc(F)c(-c2cc(Cl)c3c(n2)CN(C(=O)OC(C)(C)C)C3=O)c1C#N. The van der Waals surface area contributed by atoms with Gasteiger partial charge in [0.2, 0.25) is 0 Å². The summed E-state index contributed by atoms with van der Waals surface area (Å²) in [6.07, 6.45) is -0.812. The number of nitriles is 1. The summed E-state index contributed by atoms with van der Waals surface area (Å²) in [5.41, 5.74) is 0.378. The zero-order valence-electron chi connectivity index (χ0n) is 15.8. The van der Waals surface area contributed by atoms with Crippen LogP contribution in [0.25, 0.3) is 11.3 Å². The minimum Gasteiger partial charge on any atom is -0.443 e. The van der Waals surface area contributed by atoms with E-state index in [0.717, 1.165) is 4.90 Å². The van der Waals surface area contributed by atoms with Crippen LogP contribution in [0.3, 0.4) is 0 Å². The molecule has 2 aromatic rings. The van der Waals surface area contributed by atoms with Crippen LogP contribution in [0.4, 0.5) is 9.18 Å². The number of hydrogen-bond acceptors (Lipinski definition) is 5. The molecule has 0 saturated heterocycles. The van der Waals surface area contributed by atoms with E-state index in [1.807, 2.05) is 6.07 Å². The maximum Gasteiger partial charge on any atom is 0.417 e. The molecule has 0 radical (unpaired) electrons. The van der Waals surface area contributed by atoms with Gasteiger partial charge >= 0.3 is 6.09 Å². The predicted octanol–water partition coefficient (Wildman–Crippen LogP) is 4.61. The third-order valence-electron chi connectivity index (χ3n) is 4.16. The van der Waals surface area contributed by atoms with Crippen LogP contribution in [0, 0.1) is 24.1 Å². The normalized spacial score (nSPS) is 13.3. The van der Waals surface area contributed by atoms with Crippen molar-refractivity contribution in [1.82, 2.24) is 9.88 Å². The van der Waals surface area contributed by atoms with Gasteiger partial charge < -0.3 is 4.74 Å². The minimum atomic E-state index is -0.812. The lowest BCUT2D eigenvalue weighted by molar-refractivity contribution is 0.0247. The van der Waals surface area contributed by atoms with E-state index in [0.29, 0.717) is 5.56 Å². The number of hydrogen-bond donors (Lipinski definition) is 0. The maximum absolute atomic E-state index is 14.5. The number of amides is 2. The molecule has 1 aromatic carbocycles. The van der Waals surface area contributed by atoms with E-state index >= 15 is 0 Å². The predicted molar refractivity (Wildman–Crippen MR) is 100 cm³/mol. The van der Waals surface area contributed by atoms with Crippen LogP contribution >= 0.6 is 11.6 Å². The van der Waals surface area contributed by atoms with Gasteiger partial charge in [-0.2, -0.15) is 5.26 Å². The molecule has 0 unspecified atom stereocenters. The van der Waals surface area contributed by atoms with E-state index < -0.39 is 23.4 Å². The van der Waals surface area contributed by atoms with E-state index in [2.05, 4.69) is 4.98 Å². The zero-order valence-corrected chi connectivity index (χ0v) is 16.5. The average molecular weight is 402 g/mol. The topological polar surface area (TPSA) is 83.3 Å². The minimum absolute atomic E-state index is 0.00960. The summed E-state index contributed by atoms with van der Waals surface area (Å²) in [4.78, 5) is 30.2. The molecule has 0 saturated carbocycles. The van der Waals surface area contributed by atoms with Gasteiger partial charge in [0.05, 0.1) is 39.6 Å². The molecule has 28 heavy (non-hydrogen) atoms. The van der Waals surface area contributed by atoms with Gasteiger partial charge in [0.25, 0.3) is 5.91 Å². The first-order valence-electron chi connectivity index (χ1n) is 8.47. The first-order valence-corrected chi connectivity index (χ1v) is 8.85. The molecular formula is C20H17ClFN3O3. The number of aryl methyl sites for hydroxylation is 1. The van der Waals surface area contributed by atoms with Crippen LogP contribution in [0.2, 0.25) is 5.02 Å². The lowest BCUT2D eigenvalue weighted by Gasteiger charge is -2.23.